The number of carbonyl (C=O) groups is 3. The highest BCUT2D eigenvalue weighted by Gasteiger charge is 2.38. The monoisotopic (exact) mass is 487 g/mol. The average Bonchev–Trinajstić information content (AvgIpc) is 2.99. The third-order valence-corrected chi connectivity index (χ3v) is 5.87. The minimum atomic E-state index is -1.02. The summed E-state index contributed by atoms with van der Waals surface area (Å²) >= 11 is 4.55. The van der Waals surface area contributed by atoms with Crippen LogP contribution in [0.1, 0.15) is 16.8 Å². The molecular weight excluding hydrogens is 470 g/mol. The molecule has 0 spiro atoms. The van der Waals surface area contributed by atoms with Crippen LogP contribution in [-0.4, -0.2) is 44.8 Å². The SMILES string of the molecule is C=CCN1C(=O)[C@@H](CC(=O)Nc2ccc(Br)cc2)SC1=Nc1ccc(C(=O)O)cc1. The maximum atomic E-state index is 12.8. The van der Waals surface area contributed by atoms with E-state index < -0.39 is 11.2 Å². The van der Waals surface area contributed by atoms with Gasteiger partial charge in [0.25, 0.3) is 0 Å². The number of hydrogen-bond acceptors (Lipinski definition) is 5. The molecule has 0 aliphatic carbocycles. The van der Waals surface area contributed by atoms with Gasteiger partial charge in [-0.05, 0) is 48.5 Å². The summed E-state index contributed by atoms with van der Waals surface area (Å²) in [7, 11) is 0. The molecule has 2 aromatic carbocycles. The summed E-state index contributed by atoms with van der Waals surface area (Å²) in [6.45, 7) is 3.94. The van der Waals surface area contributed by atoms with Gasteiger partial charge in [-0.15, -0.1) is 6.58 Å². The van der Waals surface area contributed by atoms with E-state index in [4.69, 9.17) is 5.11 Å². The third kappa shape index (κ3) is 5.37. The van der Waals surface area contributed by atoms with Crippen molar-refractivity contribution in [2.24, 2.45) is 4.99 Å². The van der Waals surface area contributed by atoms with E-state index in [9.17, 15) is 14.4 Å². The first kappa shape index (κ1) is 21.8. The van der Waals surface area contributed by atoms with Crippen LogP contribution in [0.5, 0.6) is 0 Å². The Balaban J connectivity index is 1.73. The second-order valence-corrected chi connectivity index (χ2v) is 8.44. The number of carboxylic acid groups (broad SMARTS) is 1. The summed E-state index contributed by atoms with van der Waals surface area (Å²) < 4.78 is 0.902. The Hall–Kier alpha value is -2.91. The van der Waals surface area contributed by atoms with Gasteiger partial charge in [0, 0.05) is 23.1 Å². The van der Waals surface area contributed by atoms with Crippen LogP contribution >= 0.6 is 27.7 Å². The van der Waals surface area contributed by atoms with Crippen molar-refractivity contribution in [1.82, 2.24) is 4.90 Å². The Morgan fingerprint density at radius 2 is 1.87 bits per heavy atom. The smallest absolute Gasteiger partial charge is 0.335 e. The molecule has 1 aliphatic rings. The number of carbonyl (C=O) groups excluding carboxylic acids is 2. The molecule has 0 aromatic heterocycles. The van der Waals surface area contributed by atoms with Crippen LogP contribution in [0.2, 0.25) is 0 Å². The fourth-order valence-corrected chi connectivity index (χ4v) is 4.16. The molecule has 0 saturated carbocycles. The number of thioether (sulfide) groups is 1. The maximum Gasteiger partial charge on any atom is 0.335 e. The van der Waals surface area contributed by atoms with Gasteiger partial charge in [0.15, 0.2) is 5.17 Å². The number of nitrogens with one attached hydrogen (secondary N) is 1. The minimum absolute atomic E-state index is 0.00415. The molecule has 1 fully saturated rings. The summed E-state index contributed by atoms with van der Waals surface area (Å²) in [5, 5.41) is 11.6. The van der Waals surface area contributed by atoms with Gasteiger partial charge < -0.3 is 10.4 Å². The molecule has 0 unspecified atom stereocenters. The minimum Gasteiger partial charge on any atom is -0.478 e. The van der Waals surface area contributed by atoms with E-state index >= 15 is 0 Å². The lowest BCUT2D eigenvalue weighted by atomic mass is 10.2. The van der Waals surface area contributed by atoms with Crippen LogP contribution in [0.3, 0.4) is 0 Å². The summed E-state index contributed by atoms with van der Waals surface area (Å²) in [5.74, 6) is -1.51. The van der Waals surface area contributed by atoms with Gasteiger partial charge >= 0.3 is 5.97 Å². The molecule has 2 amide bonds. The number of amides is 2. The quantitative estimate of drug-likeness (QED) is 0.567. The molecule has 0 radical (unpaired) electrons. The molecule has 1 atom stereocenters. The van der Waals surface area contributed by atoms with Crippen molar-refractivity contribution in [3.05, 3.63) is 71.2 Å². The van der Waals surface area contributed by atoms with Crippen LogP contribution in [0.4, 0.5) is 11.4 Å². The molecule has 1 heterocycles. The van der Waals surface area contributed by atoms with Gasteiger partial charge in [0.05, 0.1) is 11.3 Å². The first-order chi connectivity index (χ1) is 14.4. The molecular formula is C21H18BrN3O4S. The summed E-state index contributed by atoms with van der Waals surface area (Å²) in [6.07, 6.45) is 1.59. The Bertz CT molecular complexity index is 1010. The first-order valence-corrected chi connectivity index (χ1v) is 10.6. The summed E-state index contributed by atoms with van der Waals surface area (Å²) in [5.41, 5.74) is 1.32. The predicted octanol–water partition coefficient (Wildman–Crippen LogP) is 4.29. The summed E-state index contributed by atoms with van der Waals surface area (Å²) in [4.78, 5) is 42.1. The van der Waals surface area contributed by atoms with Gasteiger partial charge in [-0.1, -0.05) is 33.8 Å². The van der Waals surface area contributed by atoms with Gasteiger partial charge in [0.1, 0.15) is 5.25 Å². The molecule has 30 heavy (non-hydrogen) atoms. The molecule has 9 heteroatoms. The van der Waals surface area contributed by atoms with Crippen LogP contribution in [0.15, 0.2) is 70.7 Å². The third-order valence-electron chi connectivity index (χ3n) is 4.17. The van der Waals surface area contributed by atoms with Gasteiger partial charge in [-0.25, -0.2) is 9.79 Å². The average molecular weight is 488 g/mol. The highest BCUT2D eigenvalue weighted by molar-refractivity contribution is 9.10. The first-order valence-electron chi connectivity index (χ1n) is 8.94. The Morgan fingerprint density at radius 1 is 1.20 bits per heavy atom. The van der Waals surface area contributed by atoms with Crippen LogP contribution in [0.25, 0.3) is 0 Å². The molecule has 2 N–H and O–H groups in total. The van der Waals surface area contributed by atoms with Crippen LogP contribution in [0, 0.1) is 0 Å². The van der Waals surface area contributed by atoms with Crippen molar-refractivity contribution in [2.45, 2.75) is 11.7 Å². The molecule has 0 bridgehead atoms. The number of halogens is 1. The van der Waals surface area contributed by atoms with Crippen molar-refractivity contribution < 1.29 is 19.5 Å². The van der Waals surface area contributed by atoms with E-state index in [1.165, 1.54) is 28.8 Å². The van der Waals surface area contributed by atoms with Gasteiger partial charge in [0.2, 0.25) is 11.8 Å². The van der Waals surface area contributed by atoms with E-state index in [1.54, 1.807) is 30.3 Å². The lowest BCUT2D eigenvalue weighted by Crippen LogP contribution is -2.33. The Morgan fingerprint density at radius 3 is 2.47 bits per heavy atom. The normalized spacial score (nSPS) is 17.2. The number of rotatable bonds is 7. The number of nitrogens with zero attached hydrogens (tertiary/aromatic N) is 2. The zero-order chi connectivity index (χ0) is 21.7. The number of hydrogen-bond donors (Lipinski definition) is 2. The number of amidine groups is 1. The van der Waals surface area contributed by atoms with E-state index in [1.807, 2.05) is 12.1 Å². The fraction of sp³-hybridized carbons (Fsp3) is 0.143. The standard InChI is InChI=1S/C21H18BrN3O4S/c1-2-11-25-19(27)17(12-18(26)23-15-9-5-14(22)6-10-15)30-21(25)24-16-7-3-13(4-8-16)20(28)29/h2-10,17H,1,11-12H2,(H,23,26)(H,28,29)/t17-/m1/s1. The number of carboxylic acids is 1. The second-order valence-electron chi connectivity index (χ2n) is 6.35. The van der Waals surface area contributed by atoms with E-state index in [2.05, 4.69) is 32.8 Å². The van der Waals surface area contributed by atoms with Crippen molar-refractivity contribution in [2.75, 3.05) is 11.9 Å². The molecule has 1 saturated heterocycles. The van der Waals surface area contributed by atoms with Crippen molar-refractivity contribution in [3.63, 3.8) is 0 Å². The number of aliphatic imine (C=N–C) groups is 1. The maximum absolute atomic E-state index is 12.8. The Kier molecular flexibility index (Phi) is 7.07. The zero-order valence-corrected chi connectivity index (χ0v) is 18.1. The zero-order valence-electron chi connectivity index (χ0n) is 15.7. The lowest BCUT2D eigenvalue weighted by Gasteiger charge is -2.13. The predicted molar refractivity (Wildman–Crippen MR) is 121 cm³/mol. The van der Waals surface area contributed by atoms with E-state index in [-0.39, 0.29) is 30.3 Å². The van der Waals surface area contributed by atoms with E-state index in [0.717, 1.165) is 4.47 Å². The van der Waals surface area contributed by atoms with Gasteiger partial charge in [-0.3, -0.25) is 14.5 Å². The molecule has 154 valence electrons. The highest BCUT2D eigenvalue weighted by atomic mass is 79.9. The van der Waals surface area contributed by atoms with Crippen LogP contribution < -0.4 is 5.32 Å². The summed E-state index contributed by atoms with van der Waals surface area (Å²) in [6, 6.07) is 13.2. The molecule has 3 rings (SSSR count). The van der Waals surface area contributed by atoms with Crippen molar-refractivity contribution in [1.29, 1.82) is 0 Å². The van der Waals surface area contributed by atoms with Crippen molar-refractivity contribution in [3.8, 4) is 0 Å². The number of benzene rings is 2. The highest BCUT2D eigenvalue weighted by Crippen LogP contribution is 2.32. The van der Waals surface area contributed by atoms with Gasteiger partial charge in [-0.2, -0.15) is 0 Å². The molecule has 7 nitrogen and oxygen atoms in total. The second kappa shape index (κ2) is 9.73. The van der Waals surface area contributed by atoms with E-state index in [0.29, 0.717) is 16.5 Å². The number of aromatic carboxylic acids is 1. The van der Waals surface area contributed by atoms with Crippen molar-refractivity contribution >= 4 is 62.0 Å². The molecule has 1 aliphatic heterocycles. The largest absolute Gasteiger partial charge is 0.478 e. The molecule has 2 aromatic rings. The lowest BCUT2D eigenvalue weighted by molar-refractivity contribution is -0.127. The Labute approximate surface area is 186 Å². The fourth-order valence-electron chi connectivity index (χ4n) is 2.72. The number of anilines is 1. The van der Waals surface area contributed by atoms with Crippen LogP contribution in [-0.2, 0) is 9.59 Å². The topological polar surface area (TPSA) is 99.1 Å².